The highest BCUT2D eigenvalue weighted by atomic mass is 32.2. The van der Waals surface area contributed by atoms with Crippen molar-refractivity contribution in [2.75, 3.05) is 0 Å². The fourth-order valence-electron chi connectivity index (χ4n) is 3.40. The molecule has 0 amide bonds. The van der Waals surface area contributed by atoms with E-state index in [2.05, 4.69) is 6.07 Å². The molecule has 0 saturated carbocycles. The van der Waals surface area contributed by atoms with Gasteiger partial charge in [0.25, 0.3) is 0 Å². The van der Waals surface area contributed by atoms with Gasteiger partial charge in [-0.15, -0.1) is 0 Å². The molecule has 4 nitrogen and oxygen atoms in total. The van der Waals surface area contributed by atoms with Gasteiger partial charge in [0.2, 0.25) is 0 Å². The number of thiol groups is 1. The van der Waals surface area contributed by atoms with Crippen LogP contribution < -0.4 is 0 Å². The maximum atomic E-state index is 13.5. The smallest absolute Gasteiger partial charge is 0.144 e. The third kappa shape index (κ3) is 4.52. The standard InChI is InChI=1S/C25H17FN2O2S/c26-22-12-10-20(11-13-22)25-23(18-8-6-17(7-9-18)16-31(29)30)14-21(15-27)24(28-25)19-4-2-1-3-5-19/h1-14,31H,16H2. The first-order valence-corrected chi connectivity index (χ1v) is 10.9. The van der Waals surface area contributed by atoms with Gasteiger partial charge in [0.05, 0.1) is 22.7 Å². The Morgan fingerprint density at radius 2 is 1.42 bits per heavy atom. The van der Waals surface area contributed by atoms with Crippen LogP contribution in [0.4, 0.5) is 4.39 Å². The molecule has 0 unspecified atom stereocenters. The molecular formula is C25H17FN2O2S. The van der Waals surface area contributed by atoms with Crippen molar-refractivity contribution in [3.8, 4) is 39.7 Å². The van der Waals surface area contributed by atoms with E-state index < -0.39 is 10.7 Å². The molecule has 0 saturated heterocycles. The van der Waals surface area contributed by atoms with Crippen molar-refractivity contribution >= 4 is 10.7 Å². The molecule has 0 radical (unpaired) electrons. The quantitative estimate of drug-likeness (QED) is 0.443. The molecule has 0 fully saturated rings. The monoisotopic (exact) mass is 428 g/mol. The predicted molar refractivity (Wildman–Crippen MR) is 119 cm³/mol. The van der Waals surface area contributed by atoms with Crippen LogP contribution in [-0.2, 0) is 16.5 Å². The van der Waals surface area contributed by atoms with Crippen molar-refractivity contribution in [1.82, 2.24) is 4.98 Å². The minimum Gasteiger partial charge on any atom is -0.246 e. The number of aromatic nitrogens is 1. The summed E-state index contributed by atoms with van der Waals surface area (Å²) < 4.78 is 35.5. The summed E-state index contributed by atoms with van der Waals surface area (Å²) in [6.45, 7) is 0. The van der Waals surface area contributed by atoms with Gasteiger partial charge in [0, 0.05) is 16.7 Å². The lowest BCUT2D eigenvalue weighted by Gasteiger charge is -2.14. The Bertz CT molecular complexity index is 1330. The van der Waals surface area contributed by atoms with Crippen LogP contribution in [0.2, 0.25) is 0 Å². The average molecular weight is 428 g/mol. The lowest BCUT2D eigenvalue weighted by Crippen LogP contribution is -1.97. The minimum absolute atomic E-state index is 0.0327. The third-order valence-electron chi connectivity index (χ3n) is 4.88. The Balaban J connectivity index is 1.93. The van der Waals surface area contributed by atoms with Crippen LogP contribution in [-0.4, -0.2) is 13.4 Å². The summed E-state index contributed by atoms with van der Waals surface area (Å²) in [5.74, 6) is -0.381. The summed E-state index contributed by atoms with van der Waals surface area (Å²) in [6.07, 6.45) is 0. The summed E-state index contributed by atoms with van der Waals surface area (Å²) in [5.41, 5.74) is 5.27. The van der Waals surface area contributed by atoms with E-state index in [9.17, 15) is 18.1 Å². The van der Waals surface area contributed by atoms with Crippen molar-refractivity contribution in [3.05, 3.63) is 102 Å². The number of rotatable bonds is 5. The maximum Gasteiger partial charge on any atom is 0.144 e. The van der Waals surface area contributed by atoms with E-state index in [4.69, 9.17) is 4.98 Å². The van der Waals surface area contributed by atoms with Crippen molar-refractivity contribution in [2.24, 2.45) is 0 Å². The average Bonchev–Trinajstić information content (AvgIpc) is 2.79. The number of hydrogen-bond donors (Lipinski definition) is 1. The summed E-state index contributed by atoms with van der Waals surface area (Å²) >= 11 is 0. The summed E-state index contributed by atoms with van der Waals surface area (Å²) in [5, 5.41) is 9.79. The molecule has 31 heavy (non-hydrogen) atoms. The van der Waals surface area contributed by atoms with E-state index in [-0.39, 0.29) is 11.6 Å². The van der Waals surface area contributed by atoms with Crippen LogP contribution in [0, 0.1) is 17.1 Å². The normalized spacial score (nSPS) is 10.7. The molecule has 0 aliphatic heterocycles. The van der Waals surface area contributed by atoms with Gasteiger partial charge in [-0.25, -0.2) is 17.8 Å². The van der Waals surface area contributed by atoms with E-state index >= 15 is 0 Å². The molecule has 3 aromatic carbocycles. The Labute approximate surface area is 181 Å². The van der Waals surface area contributed by atoms with Gasteiger partial charge in [-0.1, -0.05) is 54.6 Å². The Morgan fingerprint density at radius 3 is 2.03 bits per heavy atom. The lowest BCUT2D eigenvalue weighted by molar-refractivity contribution is 0.614. The molecule has 1 heterocycles. The van der Waals surface area contributed by atoms with E-state index in [1.165, 1.54) is 12.1 Å². The predicted octanol–water partition coefficient (Wildman–Crippen LogP) is 5.20. The fourth-order valence-corrected chi connectivity index (χ4v) is 3.91. The second-order valence-corrected chi connectivity index (χ2v) is 7.93. The molecule has 4 rings (SSSR count). The second-order valence-electron chi connectivity index (χ2n) is 6.95. The van der Waals surface area contributed by atoms with E-state index in [1.54, 1.807) is 30.3 Å². The van der Waals surface area contributed by atoms with Crippen molar-refractivity contribution in [1.29, 1.82) is 5.26 Å². The van der Waals surface area contributed by atoms with Crippen LogP contribution in [0.25, 0.3) is 33.6 Å². The van der Waals surface area contributed by atoms with Gasteiger partial charge >= 0.3 is 0 Å². The number of nitrogens with zero attached hydrogens (tertiary/aromatic N) is 2. The maximum absolute atomic E-state index is 13.5. The van der Waals surface area contributed by atoms with Crippen molar-refractivity contribution in [3.63, 3.8) is 0 Å². The van der Waals surface area contributed by atoms with Crippen LogP contribution in [0.3, 0.4) is 0 Å². The zero-order chi connectivity index (χ0) is 21.8. The Kier molecular flexibility index (Phi) is 5.87. The topological polar surface area (TPSA) is 70.8 Å². The minimum atomic E-state index is -2.51. The molecule has 0 spiro atoms. The molecule has 0 atom stereocenters. The Morgan fingerprint density at radius 1 is 0.806 bits per heavy atom. The first-order valence-electron chi connectivity index (χ1n) is 9.53. The number of pyridine rings is 1. The third-order valence-corrected chi connectivity index (χ3v) is 5.51. The van der Waals surface area contributed by atoms with E-state index in [0.717, 1.165) is 11.1 Å². The van der Waals surface area contributed by atoms with E-state index in [0.29, 0.717) is 33.6 Å². The molecule has 1 aromatic heterocycles. The lowest BCUT2D eigenvalue weighted by atomic mass is 9.94. The van der Waals surface area contributed by atoms with Gasteiger partial charge in [-0.2, -0.15) is 5.26 Å². The van der Waals surface area contributed by atoms with Gasteiger partial charge in [-0.05, 0) is 41.5 Å². The molecule has 0 N–H and O–H groups in total. The van der Waals surface area contributed by atoms with Crippen LogP contribution in [0.1, 0.15) is 11.1 Å². The van der Waals surface area contributed by atoms with Crippen LogP contribution in [0.5, 0.6) is 0 Å². The molecule has 0 aliphatic carbocycles. The van der Waals surface area contributed by atoms with Crippen LogP contribution >= 0.6 is 0 Å². The molecular weight excluding hydrogens is 411 g/mol. The molecule has 4 aromatic rings. The molecule has 0 bridgehead atoms. The molecule has 6 heteroatoms. The Hall–Kier alpha value is -3.82. The van der Waals surface area contributed by atoms with Crippen molar-refractivity contribution < 1.29 is 12.8 Å². The van der Waals surface area contributed by atoms with Crippen molar-refractivity contribution in [2.45, 2.75) is 5.75 Å². The fraction of sp³-hybridized carbons (Fsp3) is 0.0400. The second kappa shape index (κ2) is 8.90. The SMILES string of the molecule is N#Cc1cc(-c2ccc(C[SH](=O)=O)cc2)c(-c2ccc(F)cc2)nc1-c1ccccc1. The molecule has 152 valence electrons. The van der Waals surface area contributed by atoms with Gasteiger partial charge in [0.1, 0.15) is 22.6 Å². The van der Waals surface area contributed by atoms with Gasteiger partial charge in [-0.3, -0.25) is 0 Å². The first-order chi connectivity index (χ1) is 15.0. The number of halogens is 1. The van der Waals surface area contributed by atoms with E-state index in [1.807, 2.05) is 42.5 Å². The highest BCUT2D eigenvalue weighted by Gasteiger charge is 2.16. The van der Waals surface area contributed by atoms with Crippen LogP contribution in [0.15, 0.2) is 84.9 Å². The number of hydrogen-bond acceptors (Lipinski definition) is 4. The molecule has 0 aliphatic rings. The van der Waals surface area contributed by atoms with Gasteiger partial charge in [0.15, 0.2) is 0 Å². The summed E-state index contributed by atoms with van der Waals surface area (Å²) in [6, 6.07) is 26.6. The zero-order valence-electron chi connectivity index (χ0n) is 16.3. The van der Waals surface area contributed by atoms with Gasteiger partial charge < -0.3 is 0 Å². The summed E-state index contributed by atoms with van der Waals surface area (Å²) in [4.78, 5) is 4.82. The summed E-state index contributed by atoms with van der Waals surface area (Å²) in [7, 11) is -2.51. The number of benzene rings is 3. The highest BCUT2D eigenvalue weighted by Crippen LogP contribution is 2.35. The number of nitriles is 1. The highest BCUT2D eigenvalue weighted by molar-refractivity contribution is 7.71. The first kappa shape index (κ1) is 20.5. The largest absolute Gasteiger partial charge is 0.246 e. The zero-order valence-corrected chi connectivity index (χ0v) is 17.2.